The Hall–Kier alpha value is 1.98. The van der Waals surface area contributed by atoms with Gasteiger partial charge in [0.05, 0.1) is 0 Å². The van der Waals surface area contributed by atoms with E-state index in [1.807, 2.05) is 0 Å². The summed E-state index contributed by atoms with van der Waals surface area (Å²) in [5.41, 5.74) is 0. The molecule has 10 heteroatoms. The topological polar surface area (TPSA) is 107 Å². The molecule has 0 aromatic rings. The Morgan fingerprint density at radius 2 is 1.60 bits per heavy atom. The van der Waals surface area contributed by atoms with E-state index >= 15 is 0 Å². The second-order valence-electron chi connectivity index (χ2n) is 0.680. The van der Waals surface area contributed by atoms with Crippen LogP contribution in [0.5, 0.6) is 0 Å². The van der Waals surface area contributed by atoms with Crippen LogP contribution in [0.4, 0.5) is 0 Å². The summed E-state index contributed by atoms with van der Waals surface area (Å²) in [5.74, 6) is 0. The maximum absolute atomic E-state index is 9.27. The molecule has 0 aliphatic rings. The van der Waals surface area contributed by atoms with Gasteiger partial charge in [-0.1, -0.05) is 0 Å². The van der Waals surface area contributed by atoms with Crippen LogP contribution in [0.15, 0.2) is 0 Å². The zero-order valence-electron chi connectivity index (χ0n) is 5.27. The predicted octanol–water partition coefficient (Wildman–Crippen LogP) is -7.73. The van der Waals surface area contributed by atoms with E-state index in [0.29, 0.717) is 0 Å². The first kappa shape index (κ1) is 17.9. The van der Waals surface area contributed by atoms with Crippen molar-refractivity contribution in [3.8, 4) is 0 Å². The van der Waals surface area contributed by atoms with Crippen molar-refractivity contribution in [3.05, 3.63) is 0 Å². The molecule has 0 amide bonds. The second kappa shape index (κ2) is 7.62. The van der Waals surface area contributed by atoms with E-state index in [1.54, 1.807) is 0 Å². The van der Waals surface area contributed by atoms with E-state index in [2.05, 4.69) is 3.63 Å². The Labute approximate surface area is 105 Å². The fourth-order valence-corrected chi connectivity index (χ4v) is 0.612. The molecule has 0 aromatic heterocycles. The number of hydrogen-bond donors (Lipinski definition) is 0. The molecule has 50 valence electrons. The summed E-state index contributed by atoms with van der Waals surface area (Å²) in [5, 5.41) is 0. The van der Waals surface area contributed by atoms with Gasteiger partial charge in [-0.25, -0.2) is 12.6 Å². The monoisotopic (exact) mass is 206 g/mol. The third-order valence-electron chi connectivity index (χ3n) is 0.139. The molecule has 0 radical (unpaired) electrons. The minimum atomic E-state index is -5.09. The first-order valence-corrected chi connectivity index (χ1v) is 3.50. The predicted molar refractivity (Wildman–Crippen MR) is 19.7 cm³/mol. The first-order chi connectivity index (χ1) is 3.42. The van der Waals surface area contributed by atoms with Gasteiger partial charge in [-0.05, 0) is 0 Å². The van der Waals surface area contributed by atoms with Gasteiger partial charge in [0.25, 0.3) is 0 Å². The molecular formula is Na2O6S2. The van der Waals surface area contributed by atoms with Crippen LogP contribution in [0, 0.1) is 0 Å². The molecule has 0 rings (SSSR count). The Bertz CT molecular complexity index is 180. The van der Waals surface area contributed by atoms with Crippen LogP contribution in [0.1, 0.15) is 0 Å². The van der Waals surface area contributed by atoms with Gasteiger partial charge in [0.15, 0.2) is 0 Å². The zero-order valence-corrected chi connectivity index (χ0v) is 10.9. The van der Waals surface area contributed by atoms with Crippen molar-refractivity contribution < 1.29 is 84.5 Å². The van der Waals surface area contributed by atoms with E-state index < -0.39 is 21.8 Å². The molecule has 0 bridgehead atoms. The molecule has 0 saturated heterocycles. The van der Waals surface area contributed by atoms with E-state index in [1.165, 1.54) is 0 Å². The van der Waals surface area contributed by atoms with Crippen LogP contribution in [-0.4, -0.2) is 21.7 Å². The van der Waals surface area contributed by atoms with Crippen LogP contribution in [-0.2, 0) is 25.4 Å². The standard InChI is InChI=1S/2Na.H2O6S2/c;;1-7(2)6-8(3,4)5/h;;(H,1,2)(H,3,4,5)/q2*+1;/p-2. The quantitative estimate of drug-likeness (QED) is 0.192. The molecule has 0 fully saturated rings. The molecule has 0 heterocycles. The fourth-order valence-electron chi connectivity index (χ4n) is 0.0680. The fraction of sp³-hybridized carbons (Fsp3) is 0. The molecule has 1 atom stereocenters. The van der Waals surface area contributed by atoms with Gasteiger partial charge < -0.3 is 9.11 Å². The smallest absolute Gasteiger partial charge is 0.749 e. The van der Waals surface area contributed by atoms with Crippen molar-refractivity contribution in [2.45, 2.75) is 0 Å². The van der Waals surface area contributed by atoms with Crippen LogP contribution in [0.2, 0.25) is 0 Å². The first-order valence-electron chi connectivity index (χ1n) is 1.17. The molecule has 0 spiro atoms. The summed E-state index contributed by atoms with van der Waals surface area (Å²) in [6.45, 7) is 0. The van der Waals surface area contributed by atoms with E-state index in [9.17, 15) is 21.7 Å². The Morgan fingerprint density at radius 3 is 1.60 bits per heavy atom. The Morgan fingerprint density at radius 1 is 1.30 bits per heavy atom. The summed E-state index contributed by atoms with van der Waals surface area (Å²) in [6.07, 6.45) is 0. The van der Waals surface area contributed by atoms with E-state index in [0.717, 1.165) is 0 Å². The summed E-state index contributed by atoms with van der Waals surface area (Å²) in [4.78, 5) is 0. The average molecular weight is 206 g/mol. The summed E-state index contributed by atoms with van der Waals surface area (Å²) in [7, 11) is -5.09. The summed E-state index contributed by atoms with van der Waals surface area (Å²) in [6, 6.07) is 0. The van der Waals surface area contributed by atoms with Gasteiger partial charge in [0.1, 0.15) is 11.4 Å². The minimum Gasteiger partial charge on any atom is -0.749 e. The molecule has 0 aliphatic carbocycles. The van der Waals surface area contributed by atoms with Crippen LogP contribution in [0.3, 0.4) is 0 Å². The molecule has 0 aromatic carbocycles. The van der Waals surface area contributed by atoms with Crippen molar-refractivity contribution in [1.29, 1.82) is 0 Å². The SMILES string of the molecule is O=S([O-])OS(=O)(=O)[O-].[Na+].[Na+]. The van der Waals surface area contributed by atoms with Crippen LogP contribution in [0.25, 0.3) is 0 Å². The average Bonchev–Trinajstić information content (AvgIpc) is 1.21. The molecule has 10 heavy (non-hydrogen) atoms. The van der Waals surface area contributed by atoms with Gasteiger partial charge in [-0.2, -0.15) is 3.63 Å². The van der Waals surface area contributed by atoms with Crippen molar-refractivity contribution >= 4 is 21.8 Å². The number of rotatable bonds is 2. The third-order valence-corrected chi connectivity index (χ3v) is 1.25. The molecule has 0 aliphatic heterocycles. The van der Waals surface area contributed by atoms with Gasteiger partial charge in [-0.15, -0.1) is 0 Å². The van der Waals surface area contributed by atoms with Crippen molar-refractivity contribution in [1.82, 2.24) is 0 Å². The molecular weight excluding hydrogens is 206 g/mol. The van der Waals surface area contributed by atoms with Gasteiger partial charge >= 0.3 is 59.1 Å². The Balaban J connectivity index is -0.000000245. The largest absolute Gasteiger partial charge is 1.00 e. The van der Waals surface area contributed by atoms with Gasteiger partial charge in [0.2, 0.25) is 10.4 Å². The van der Waals surface area contributed by atoms with Crippen molar-refractivity contribution in [2.75, 3.05) is 0 Å². The van der Waals surface area contributed by atoms with Crippen LogP contribution < -0.4 is 59.1 Å². The van der Waals surface area contributed by atoms with Gasteiger partial charge in [0, 0.05) is 0 Å². The minimum absolute atomic E-state index is 0. The molecule has 0 N–H and O–H groups in total. The van der Waals surface area contributed by atoms with Gasteiger partial charge in [-0.3, -0.25) is 0 Å². The van der Waals surface area contributed by atoms with Crippen LogP contribution >= 0.6 is 0 Å². The maximum atomic E-state index is 9.27. The molecule has 6 nitrogen and oxygen atoms in total. The summed E-state index contributed by atoms with van der Waals surface area (Å²) >= 11 is -3.29. The number of hydrogen-bond acceptors (Lipinski definition) is 6. The van der Waals surface area contributed by atoms with Crippen molar-refractivity contribution in [3.63, 3.8) is 0 Å². The zero-order chi connectivity index (χ0) is 6.78. The second-order valence-corrected chi connectivity index (χ2v) is 2.45. The van der Waals surface area contributed by atoms with E-state index in [4.69, 9.17) is 0 Å². The van der Waals surface area contributed by atoms with E-state index in [-0.39, 0.29) is 59.1 Å². The third kappa shape index (κ3) is 16.5. The summed E-state index contributed by atoms with van der Waals surface area (Å²) < 4.78 is 49.0. The molecule has 1 unspecified atom stereocenters. The van der Waals surface area contributed by atoms with Crippen molar-refractivity contribution in [2.24, 2.45) is 0 Å². The maximum Gasteiger partial charge on any atom is 1.00 e. The molecule has 0 saturated carbocycles. The normalized spacial score (nSPS) is 12.6. The Kier molecular flexibility index (Phi) is 13.6.